The summed E-state index contributed by atoms with van der Waals surface area (Å²) in [6.07, 6.45) is 4.68. The fraction of sp³-hybridized carbons (Fsp3) is 0.538. The summed E-state index contributed by atoms with van der Waals surface area (Å²) in [6.45, 7) is 1.83. The van der Waals surface area contributed by atoms with E-state index in [0.29, 0.717) is 0 Å². The van der Waals surface area contributed by atoms with Gasteiger partial charge in [0.05, 0.1) is 12.1 Å². The van der Waals surface area contributed by atoms with Crippen LogP contribution in [0, 0.1) is 0 Å². The zero-order chi connectivity index (χ0) is 13.1. The maximum Gasteiger partial charge on any atom is 0.133 e. The molecule has 0 radical (unpaired) electrons. The van der Waals surface area contributed by atoms with Gasteiger partial charge in [0.2, 0.25) is 0 Å². The molecule has 0 saturated carbocycles. The van der Waals surface area contributed by atoms with Crippen LogP contribution in [0.3, 0.4) is 0 Å². The molecule has 0 aliphatic carbocycles. The van der Waals surface area contributed by atoms with E-state index >= 15 is 0 Å². The Bertz CT molecular complexity index is 436. The maximum atomic E-state index is 6.05. The molecule has 0 amide bonds. The van der Waals surface area contributed by atoms with E-state index in [1.807, 2.05) is 13.1 Å². The third kappa shape index (κ3) is 2.97. The van der Waals surface area contributed by atoms with Gasteiger partial charge in [-0.1, -0.05) is 12.2 Å². The van der Waals surface area contributed by atoms with Crippen LogP contribution in [0.25, 0.3) is 0 Å². The third-order valence-electron chi connectivity index (χ3n) is 3.03. The number of fused-ring (bicyclic) bond motifs is 1. The monoisotopic (exact) mass is 265 g/mol. The predicted molar refractivity (Wildman–Crippen MR) is 76.2 cm³/mol. The molecule has 1 unspecified atom stereocenters. The lowest BCUT2D eigenvalue weighted by molar-refractivity contribution is 0.160. The van der Waals surface area contributed by atoms with Crippen LogP contribution in [-0.2, 0) is 0 Å². The highest BCUT2D eigenvalue weighted by molar-refractivity contribution is 7.80. The molecule has 1 aromatic heterocycles. The molecular weight excluding hydrogens is 246 g/mol. The fourth-order valence-electron chi connectivity index (χ4n) is 2.01. The van der Waals surface area contributed by atoms with Gasteiger partial charge in [0.25, 0.3) is 0 Å². The minimum atomic E-state index is 0.166. The van der Waals surface area contributed by atoms with E-state index in [1.54, 1.807) is 12.4 Å². The number of likely N-dealkylation sites (N-methyl/N-ethyl adjacent to an activating group) is 1. The van der Waals surface area contributed by atoms with Gasteiger partial charge >= 0.3 is 0 Å². The molecule has 1 atom stereocenters. The van der Waals surface area contributed by atoms with Gasteiger partial charge in [0.15, 0.2) is 0 Å². The molecule has 5 heteroatoms. The Morgan fingerprint density at radius 2 is 2.33 bits per heavy atom. The highest BCUT2D eigenvalue weighted by Crippen LogP contribution is 2.24. The average Bonchev–Trinajstić information content (AvgIpc) is 2.46. The van der Waals surface area contributed by atoms with Crippen LogP contribution in [0.2, 0.25) is 0 Å². The van der Waals surface area contributed by atoms with Gasteiger partial charge in [-0.05, 0) is 26.6 Å². The summed E-state index contributed by atoms with van der Waals surface area (Å²) >= 11 is 5.45. The lowest BCUT2D eigenvalue weighted by Crippen LogP contribution is -2.35. The highest BCUT2D eigenvalue weighted by atomic mass is 32.1. The third-order valence-corrected chi connectivity index (χ3v) is 3.56. The summed E-state index contributed by atoms with van der Waals surface area (Å²) in [4.78, 5) is 9.17. The van der Waals surface area contributed by atoms with Crippen LogP contribution >= 0.6 is 12.2 Å². The second kappa shape index (κ2) is 5.63. The average molecular weight is 265 g/mol. The van der Waals surface area contributed by atoms with Crippen molar-refractivity contribution in [2.75, 3.05) is 34.2 Å². The summed E-state index contributed by atoms with van der Waals surface area (Å²) in [6, 6.07) is 1.89. The first-order valence-corrected chi connectivity index (χ1v) is 6.49. The summed E-state index contributed by atoms with van der Waals surface area (Å²) < 4.78 is 6.05. The van der Waals surface area contributed by atoms with Crippen LogP contribution in [0.4, 0.5) is 0 Å². The Hall–Kier alpha value is -1.20. The van der Waals surface area contributed by atoms with E-state index in [1.165, 1.54) is 0 Å². The number of rotatable bonds is 3. The predicted octanol–water partition coefficient (Wildman–Crippen LogP) is 1.40. The molecule has 0 bridgehead atoms. The molecule has 1 aliphatic rings. The molecular formula is C13H19N3OS. The summed E-state index contributed by atoms with van der Waals surface area (Å²) in [5.41, 5.74) is 0.919. The Balaban J connectivity index is 2.17. The van der Waals surface area contributed by atoms with Gasteiger partial charge in [0, 0.05) is 26.0 Å². The van der Waals surface area contributed by atoms with Crippen molar-refractivity contribution >= 4 is 17.2 Å². The number of nitrogens with zero attached hydrogens (tertiary/aromatic N) is 3. The van der Waals surface area contributed by atoms with E-state index in [4.69, 9.17) is 17.0 Å². The Morgan fingerprint density at radius 1 is 1.56 bits per heavy atom. The van der Waals surface area contributed by atoms with Crippen LogP contribution in [-0.4, -0.2) is 60.1 Å². The topological polar surface area (TPSA) is 28.6 Å². The van der Waals surface area contributed by atoms with Crippen molar-refractivity contribution in [1.82, 2.24) is 14.8 Å². The molecule has 0 aromatic carbocycles. The molecule has 1 aliphatic heterocycles. The van der Waals surface area contributed by atoms with Gasteiger partial charge < -0.3 is 14.5 Å². The van der Waals surface area contributed by atoms with Crippen molar-refractivity contribution < 1.29 is 4.74 Å². The van der Waals surface area contributed by atoms with E-state index in [2.05, 4.69) is 28.9 Å². The first-order chi connectivity index (χ1) is 8.58. The quantitative estimate of drug-likeness (QED) is 0.771. The number of aromatic nitrogens is 1. The van der Waals surface area contributed by atoms with E-state index in [-0.39, 0.29) is 6.10 Å². The molecule has 18 heavy (non-hydrogen) atoms. The van der Waals surface area contributed by atoms with Crippen LogP contribution < -0.4 is 4.74 Å². The molecule has 2 rings (SSSR count). The second-order valence-corrected chi connectivity index (χ2v) is 5.28. The Kier molecular flexibility index (Phi) is 4.14. The minimum absolute atomic E-state index is 0.166. The van der Waals surface area contributed by atoms with Gasteiger partial charge in [-0.3, -0.25) is 4.98 Å². The summed E-state index contributed by atoms with van der Waals surface area (Å²) in [7, 11) is 6.16. The zero-order valence-electron chi connectivity index (χ0n) is 11.1. The molecule has 98 valence electrons. The lowest BCUT2D eigenvalue weighted by Gasteiger charge is -2.22. The molecule has 0 saturated heterocycles. The number of thiocarbonyl (C=S) groups is 1. The van der Waals surface area contributed by atoms with Gasteiger partial charge in [-0.25, -0.2) is 0 Å². The second-order valence-electron chi connectivity index (χ2n) is 4.89. The largest absolute Gasteiger partial charge is 0.488 e. The molecule has 2 heterocycles. The molecule has 1 aromatic rings. The van der Waals surface area contributed by atoms with Crippen molar-refractivity contribution in [3.8, 4) is 5.75 Å². The normalized spacial score (nSPS) is 19.4. The minimum Gasteiger partial charge on any atom is -0.488 e. The number of ether oxygens (including phenoxy) is 1. The fourth-order valence-corrected chi connectivity index (χ4v) is 2.24. The molecule has 4 nitrogen and oxygen atoms in total. The van der Waals surface area contributed by atoms with E-state index in [0.717, 1.165) is 35.8 Å². The molecule has 0 spiro atoms. The summed E-state index contributed by atoms with van der Waals surface area (Å²) in [5.74, 6) is 0.850. The summed E-state index contributed by atoms with van der Waals surface area (Å²) in [5, 5.41) is 0. The standard InChI is InChI=1S/C13H19N3OS/c1-15(2)7-5-10-9-16(3)13(18)11-8-14-6-4-12(11)17-10/h4,6,8,10H,5,7,9H2,1-3H3. The first-order valence-electron chi connectivity index (χ1n) is 6.09. The molecule has 0 N–H and O–H groups in total. The van der Waals surface area contributed by atoms with Crippen LogP contribution in [0.1, 0.15) is 12.0 Å². The smallest absolute Gasteiger partial charge is 0.133 e. The maximum absolute atomic E-state index is 6.05. The number of hydrogen-bond donors (Lipinski definition) is 0. The van der Waals surface area contributed by atoms with Crippen molar-refractivity contribution in [2.45, 2.75) is 12.5 Å². The van der Waals surface area contributed by atoms with Gasteiger partial charge in [-0.15, -0.1) is 0 Å². The van der Waals surface area contributed by atoms with Crippen molar-refractivity contribution in [1.29, 1.82) is 0 Å². The van der Waals surface area contributed by atoms with E-state index in [9.17, 15) is 0 Å². The van der Waals surface area contributed by atoms with Crippen LogP contribution in [0.5, 0.6) is 5.75 Å². The van der Waals surface area contributed by atoms with Crippen molar-refractivity contribution in [2.24, 2.45) is 0 Å². The lowest BCUT2D eigenvalue weighted by atomic mass is 10.2. The number of hydrogen-bond acceptors (Lipinski definition) is 4. The van der Waals surface area contributed by atoms with Gasteiger partial charge in [0.1, 0.15) is 16.8 Å². The number of pyridine rings is 1. The van der Waals surface area contributed by atoms with Gasteiger partial charge in [-0.2, -0.15) is 0 Å². The highest BCUT2D eigenvalue weighted by Gasteiger charge is 2.24. The van der Waals surface area contributed by atoms with Crippen LogP contribution in [0.15, 0.2) is 18.5 Å². The van der Waals surface area contributed by atoms with E-state index < -0.39 is 0 Å². The Morgan fingerprint density at radius 3 is 3.06 bits per heavy atom. The molecule has 0 fully saturated rings. The Labute approximate surface area is 114 Å². The zero-order valence-corrected chi connectivity index (χ0v) is 11.9. The first kappa shape index (κ1) is 13.2. The van der Waals surface area contributed by atoms with Crippen molar-refractivity contribution in [3.05, 3.63) is 24.0 Å². The SMILES string of the molecule is CN(C)CCC1CN(C)C(=S)c2cnccc2O1. The van der Waals surface area contributed by atoms with Crippen molar-refractivity contribution in [3.63, 3.8) is 0 Å².